The third-order valence-corrected chi connectivity index (χ3v) is 4.10. The zero-order chi connectivity index (χ0) is 11.5. The van der Waals surface area contributed by atoms with Crippen molar-refractivity contribution in [3.63, 3.8) is 0 Å². The molecule has 16 heavy (non-hydrogen) atoms. The van der Waals surface area contributed by atoms with Gasteiger partial charge in [0, 0.05) is 16.2 Å². The quantitative estimate of drug-likeness (QED) is 0.947. The summed E-state index contributed by atoms with van der Waals surface area (Å²) in [5.41, 5.74) is 0.674. The lowest BCUT2D eigenvalue weighted by molar-refractivity contribution is 0.216. The molecule has 0 saturated carbocycles. The van der Waals surface area contributed by atoms with Gasteiger partial charge in [-0.15, -0.1) is 11.3 Å². The standard InChI is InChI=1S/C11H10BrNO2S/c1-15-11-7(3-2-5-13-11)9(14)10-8(12)4-6-16-10/h2-6,9,14H,1H3. The van der Waals surface area contributed by atoms with Crippen LogP contribution in [0.1, 0.15) is 16.5 Å². The van der Waals surface area contributed by atoms with Crippen molar-refractivity contribution in [3.05, 3.63) is 44.7 Å². The third kappa shape index (κ3) is 2.11. The van der Waals surface area contributed by atoms with E-state index in [2.05, 4.69) is 20.9 Å². The number of pyridine rings is 1. The monoisotopic (exact) mass is 299 g/mol. The number of aliphatic hydroxyl groups excluding tert-OH is 1. The lowest BCUT2D eigenvalue weighted by atomic mass is 10.1. The molecular weight excluding hydrogens is 290 g/mol. The molecular formula is C11H10BrNO2S. The molecule has 0 fully saturated rings. The van der Waals surface area contributed by atoms with Crippen molar-refractivity contribution >= 4 is 27.3 Å². The van der Waals surface area contributed by atoms with E-state index in [1.165, 1.54) is 11.3 Å². The predicted octanol–water partition coefficient (Wildman–Crippen LogP) is 3.00. The maximum absolute atomic E-state index is 10.2. The first-order chi connectivity index (χ1) is 7.74. The molecule has 0 aromatic carbocycles. The molecule has 1 unspecified atom stereocenters. The van der Waals surface area contributed by atoms with Gasteiger partial charge in [0.15, 0.2) is 0 Å². The summed E-state index contributed by atoms with van der Waals surface area (Å²) in [7, 11) is 1.54. The lowest BCUT2D eigenvalue weighted by Gasteiger charge is -2.12. The highest BCUT2D eigenvalue weighted by atomic mass is 79.9. The molecule has 0 amide bonds. The Morgan fingerprint density at radius 3 is 2.94 bits per heavy atom. The summed E-state index contributed by atoms with van der Waals surface area (Å²) < 4.78 is 6.02. The minimum atomic E-state index is -0.710. The first-order valence-corrected chi connectivity index (χ1v) is 6.31. The second kappa shape index (κ2) is 4.95. The molecule has 0 bridgehead atoms. The Labute approximate surface area is 106 Å². The van der Waals surface area contributed by atoms with Gasteiger partial charge in [0.1, 0.15) is 6.10 Å². The molecule has 0 aliphatic carbocycles. The first kappa shape index (κ1) is 11.6. The van der Waals surface area contributed by atoms with Gasteiger partial charge >= 0.3 is 0 Å². The molecule has 1 N–H and O–H groups in total. The van der Waals surface area contributed by atoms with Gasteiger partial charge in [-0.25, -0.2) is 4.98 Å². The summed E-state index contributed by atoms with van der Waals surface area (Å²) in [4.78, 5) is 4.92. The Bertz CT molecular complexity index is 486. The van der Waals surface area contributed by atoms with E-state index in [0.29, 0.717) is 11.4 Å². The van der Waals surface area contributed by atoms with Crippen LogP contribution in [0.15, 0.2) is 34.2 Å². The number of aliphatic hydroxyl groups is 1. The van der Waals surface area contributed by atoms with Crippen LogP contribution in [0.4, 0.5) is 0 Å². The van der Waals surface area contributed by atoms with Crippen molar-refractivity contribution in [2.45, 2.75) is 6.10 Å². The average molecular weight is 300 g/mol. The Kier molecular flexibility index (Phi) is 3.58. The van der Waals surface area contributed by atoms with Gasteiger partial charge < -0.3 is 9.84 Å². The molecule has 0 aliphatic rings. The van der Waals surface area contributed by atoms with E-state index in [9.17, 15) is 5.11 Å². The molecule has 2 heterocycles. The molecule has 0 radical (unpaired) electrons. The lowest BCUT2D eigenvalue weighted by Crippen LogP contribution is -2.02. The number of rotatable bonds is 3. The Morgan fingerprint density at radius 1 is 1.50 bits per heavy atom. The maximum atomic E-state index is 10.2. The second-order valence-electron chi connectivity index (χ2n) is 3.14. The zero-order valence-electron chi connectivity index (χ0n) is 8.55. The van der Waals surface area contributed by atoms with E-state index < -0.39 is 6.10 Å². The Balaban J connectivity index is 2.41. The van der Waals surface area contributed by atoms with Gasteiger partial charge in [0.05, 0.1) is 12.0 Å². The summed E-state index contributed by atoms with van der Waals surface area (Å²) in [5, 5.41) is 12.2. The molecule has 0 saturated heterocycles. The third-order valence-electron chi connectivity index (χ3n) is 2.18. The molecule has 5 heteroatoms. The molecule has 2 aromatic rings. The highest BCUT2D eigenvalue weighted by Crippen LogP contribution is 2.35. The number of nitrogens with zero attached hydrogens (tertiary/aromatic N) is 1. The van der Waals surface area contributed by atoms with Gasteiger partial charge in [-0.05, 0) is 39.5 Å². The van der Waals surface area contributed by atoms with E-state index in [1.807, 2.05) is 17.5 Å². The van der Waals surface area contributed by atoms with Crippen molar-refractivity contribution < 1.29 is 9.84 Å². The number of thiophene rings is 1. The van der Waals surface area contributed by atoms with Crippen LogP contribution < -0.4 is 4.74 Å². The number of hydrogen-bond acceptors (Lipinski definition) is 4. The Morgan fingerprint density at radius 2 is 2.31 bits per heavy atom. The van der Waals surface area contributed by atoms with E-state index in [4.69, 9.17) is 4.74 Å². The van der Waals surface area contributed by atoms with Crippen molar-refractivity contribution in [2.24, 2.45) is 0 Å². The molecule has 1 atom stereocenters. The van der Waals surface area contributed by atoms with E-state index in [0.717, 1.165) is 9.35 Å². The van der Waals surface area contributed by atoms with Crippen molar-refractivity contribution in [3.8, 4) is 5.88 Å². The topological polar surface area (TPSA) is 42.4 Å². The summed E-state index contributed by atoms with van der Waals surface area (Å²) >= 11 is 4.89. The minimum Gasteiger partial charge on any atom is -0.481 e. The fourth-order valence-corrected chi connectivity index (χ4v) is 3.02. The van der Waals surface area contributed by atoms with Crippen molar-refractivity contribution in [2.75, 3.05) is 7.11 Å². The van der Waals surface area contributed by atoms with Crippen molar-refractivity contribution in [1.29, 1.82) is 0 Å². The number of methoxy groups -OCH3 is 1. The molecule has 0 aliphatic heterocycles. The average Bonchev–Trinajstić information content (AvgIpc) is 2.74. The summed E-state index contributed by atoms with van der Waals surface area (Å²) in [5.74, 6) is 0.454. The highest BCUT2D eigenvalue weighted by Gasteiger charge is 2.19. The molecule has 3 nitrogen and oxygen atoms in total. The van der Waals surface area contributed by atoms with Crippen LogP contribution >= 0.6 is 27.3 Å². The number of halogens is 1. The first-order valence-electron chi connectivity index (χ1n) is 4.64. The summed E-state index contributed by atoms with van der Waals surface area (Å²) in [6.07, 6.45) is 0.927. The second-order valence-corrected chi connectivity index (χ2v) is 4.94. The number of ether oxygens (including phenoxy) is 1. The summed E-state index contributed by atoms with van der Waals surface area (Å²) in [6, 6.07) is 5.50. The van der Waals surface area contributed by atoms with Gasteiger partial charge in [-0.3, -0.25) is 0 Å². The molecule has 0 spiro atoms. The van der Waals surface area contributed by atoms with E-state index in [1.54, 1.807) is 19.4 Å². The van der Waals surface area contributed by atoms with Gasteiger partial charge in [-0.2, -0.15) is 0 Å². The zero-order valence-corrected chi connectivity index (χ0v) is 11.0. The van der Waals surface area contributed by atoms with E-state index in [-0.39, 0.29) is 0 Å². The van der Waals surface area contributed by atoms with Crippen LogP contribution in [0.2, 0.25) is 0 Å². The fraction of sp³-hybridized carbons (Fsp3) is 0.182. The van der Waals surface area contributed by atoms with Crippen LogP contribution in [-0.4, -0.2) is 17.2 Å². The number of aromatic nitrogens is 1. The largest absolute Gasteiger partial charge is 0.481 e. The minimum absolute atomic E-state index is 0.454. The van der Waals surface area contributed by atoms with Crippen LogP contribution in [0.3, 0.4) is 0 Å². The number of hydrogen-bond donors (Lipinski definition) is 1. The van der Waals surface area contributed by atoms with Crippen LogP contribution in [0.25, 0.3) is 0 Å². The van der Waals surface area contributed by atoms with Gasteiger partial charge in [0.2, 0.25) is 5.88 Å². The predicted molar refractivity (Wildman–Crippen MR) is 66.9 cm³/mol. The SMILES string of the molecule is COc1ncccc1C(O)c1sccc1Br. The fourth-order valence-electron chi connectivity index (χ4n) is 1.42. The Hall–Kier alpha value is -0.910. The van der Waals surface area contributed by atoms with Crippen molar-refractivity contribution in [1.82, 2.24) is 4.98 Å². The normalized spacial score (nSPS) is 12.4. The van der Waals surface area contributed by atoms with Crippen LogP contribution in [0.5, 0.6) is 5.88 Å². The van der Waals surface area contributed by atoms with Gasteiger partial charge in [-0.1, -0.05) is 0 Å². The highest BCUT2D eigenvalue weighted by molar-refractivity contribution is 9.10. The molecule has 84 valence electrons. The molecule has 2 aromatic heterocycles. The van der Waals surface area contributed by atoms with Gasteiger partial charge in [0.25, 0.3) is 0 Å². The summed E-state index contributed by atoms with van der Waals surface area (Å²) in [6.45, 7) is 0. The van der Waals surface area contributed by atoms with Crippen LogP contribution in [-0.2, 0) is 0 Å². The van der Waals surface area contributed by atoms with Crippen LogP contribution in [0, 0.1) is 0 Å². The smallest absolute Gasteiger partial charge is 0.219 e. The van der Waals surface area contributed by atoms with E-state index >= 15 is 0 Å². The molecule has 2 rings (SSSR count). The maximum Gasteiger partial charge on any atom is 0.219 e.